The van der Waals surface area contributed by atoms with E-state index in [4.69, 9.17) is 4.98 Å². The van der Waals surface area contributed by atoms with E-state index in [1.165, 1.54) is 19.3 Å². The second-order valence-electron chi connectivity index (χ2n) is 10.0. The Labute approximate surface area is 182 Å². The maximum Gasteiger partial charge on any atom is 0.245 e. The molecular weight excluding hydrogens is 394 g/mol. The monoisotopic (exact) mass is 425 g/mol. The van der Waals surface area contributed by atoms with E-state index in [1.807, 2.05) is 39.1 Å². The molecule has 160 valence electrons. The molecule has 4 aliphatic carbocycles. The third-order valence-corrected chi connectivity index (χ3v) is 9.04. The highest BCUT2D eigenvalue weighted by molar-refractivity contribution is 7.18. The zero-order chi connectivity index (χ0) is 21.0. The van der Waals surface area contributed by atoms with E-state index >= 15 is 0 Å². The summed E-state index contributed by atoms with van der Waals surface area (Å²) in [6.45, 7) is 3.82. The second-order valence-corrected chi connectivity index (χ2v) is 11.1. The molecule has 1 aromatic heterocycles. The SMILES string of the molecule is C[C@H](NC(=O)C12CC3CC(CC(C3)C1)C2)C(=O)N(C)[C@@H](C)c1nc2ccccc2s1. The van der Waals surface area contributed by atoms with Crippen molar-refractivity contribution >= 4 is 33.4 Å². The van der Waals surface area contributed by atoms with Gasteiger partial charge in [-0.2, -0.15) is 0 Å². The summed E-state index contributed by atoms with van der Waals surface area (Å²) >= 11 is 1.62. The highest BCUT2D eigenvalue weighted by atomic mass is 32.1. The lowest BCUT2D eigenvalue weighted by Crippen LogP contribution is -2.56. The standard InChI is InChI=1S/C24H31N3O2S/c1-14(25-23(29)24-11-16-8-17(12-24)10-18(9-16)13-24)22(28)27(3)15(2)21-26-19-6-4-5-7-20(19)30-21/h4-7,14-18H,8-13H2,1-3H3,(H,25,29)/t14-,15-,16?,17?,18?,24?/m0/s1. The predicted octanol–water partition coefficient (Wildman–Crippen LogP) is 4.54. The van der Waals surface area contributed by atoms with Crippen LogP contribution in [0.15, 0.2) is 24.3 Å². The average Bonchev–Trinajstić information content (AvgIpc) is 3.15. The van der Waals surface area contributed by atoms with Gasteiger partial charge in [-0.3, -0.25) is 9.59 Å². The summed E-state index contributed by atoms with van der Waals surface area (Å²) in [6.07, 6.45) is 6.98. The number of amides is 2. The van der Waals surface area contributed by atoms with Gasteiger partial charge in [-0.1, -0.05) is 12.1 Å². The molecule has 1 heterocycles. The normalized spacial score (nSPS) is 31.5. The Morgan fingerprint density at radius 3 is 2.30 bits per heavy atom. The quantitative estimate of drug-likeness (QED) is 0.765. The largest absolute Gasteiger partial charge is 0.344 e. The van der Waals surface area contributed by atoms with Gasteiger partial charge >= 0.3 is 0 Å². The fourth-order valence-corrected chi connectivity index (χ4v) is 7.59. The molecule has 4 aliphatic rings. The summed E-state index contributed by atoms with van der Waals surface area (Å²) in [5.41, 5.74) is 0.744. The molecule has 0 spiro atoms. The minimum absolute atomic E-state index is 0.0557. The molecule has 0 saturated heterocycles. The van der Waals surface area contributed by atoms with Gasteiger partial charge in [0.1, 0.15) is 11.0 Å². The minimum atomic E-state index is -0.521. The number of carbonyl (C=O) groups excluding carboxylic acids is 2. The fourth-order valence-electron chi connectivity index (χ4n) is 6.53. The minimum Gasteiger partial charge on any atom is -0.344 e. The van der Waals surface area contributed by atoms with E-state index < -0.39 is 6.04 Å². The average molecular weight is 426 g/mol. The summed E-state index contributed by atoms with van der Waals surface area (Å²) < 4.78 is 1.13. The van der Waals surface area contributed by atoms with Gasteiger partial charge in [0, 0.05) is 12.5 Å². The molecule has 0 unspecified atom stereocenters. The van der Waals surface area contributed by atoms with Crippen molar-refractivity contribution in [2.75, 3.05) is 7.05 Å². The van der Waals surface area contributed by atoms with Crippen LogP contribution in [0.3, 0.4) is 0 Å². The Morgan fingerprint density at radius 1 is 1.10 bits per heavy atom. The van der Waals surface area contributed by atoms with Crippen molar-refractivity contribution in [1.29, 1.82) is 0 Å². The number of para-hydroxylation sites is 1. The van der Waals surface area contributed by atoms with Gasteiger partial charge in [0.25, 0.3) is 0 Å². The first kappa shape index (κ1) is 20.0. The molecule has 2 amide bonds. The van der Waals surface area contributed by atoms with Gasteiger partial charge in [-0.05, 0) is 82.3 Å². The van der Waals surface area contributed by atoms with Crippen molar-refractivity contribution in [3.05, 3.63) is 29.3 Å². The van der Waals surface area contributed by atoms with Gasteiger partial charge in [-0.15, -0.1) is 11.3 Å². The highest BCUT2D eigenvalue weighted by Gasteiger charge is 2.54. The van der Waals surface area contributed by atoms with Crippen LogP contribution in [0, 0.1) is 23.2 Å². The summed E-state index contributed by atoms with van der Waals surface area (Å²) in [5, 5.41) is 4.03. The molecule has 0 radical (unpaired) electrons. The van der Waals surface area contributed by atoms with Crippen LogP contribution in [-0.2, 0) is 9.59 Å². The molecule has 4 bridgehead atoms. The van der Waals surface area contributed by atoms with E-state index in [-0.39, 0.29) is 23.3 Å². The van der Waals surface area contributed by atoms with Gasteiger partial charge in [0.2, 0.25) is 11.8 Å². The Balaban J connectivity index is 1.26. The van der Waals surface area contributed by atoms with Gasteiger partial charge in [0.05, 0.1) is 16.3 Å². The number of benzene rings is 1. The molecule has 4 saturated carbocycles. The van der Waals surface area contributed by atoms with Crippen LogP contribution >= 0.6 is 11.3 Å². The zero-order valence-corrected chi connectivity index (χ0v) is 18.9. The molecule has 4 fully saturated rings. The number of aromatic nitrogens is 1. The topological polar surface area (TPSA) is 62.3 Å². The van der Waals surface area contributed by atoms with Crippen molar-refractivity contribution in [3.8, 4) is 0 Å². The Kier molecular flexibility index (Phi) is 4.88. The maximum atomic E-state index is 13.3. The van der Waals surface area contributed by atoms with E-state index in [9.17, 15) is 9.59 Å². The van der Waals surface area contributed by atoms with Crippen LogP contribution < -0.4 is 5.32 Å². The maximum absolute atomic E-state index is 13.3. The van der Waals surface area contributed by atoms with Crippen molar-refractivity contribution < 1.29 is 9.59 Å². The smallest absolute Gasteiger partial charge is 0.245 e. The summed E-state index contributed by atoms with van der Waals surface area (Å²) in [5.74, 6) is 2.21. The van der Waals surface area contributed by atoms with Crippen molar-refractivity contribution in [3.63, 3.8) is 0 Å². The van der Waals surface area contributed by atoms with Gasteiger partial charge in [-0.25, -0.2) is 4.98 Å². The number of likely N-dealkylation sites (N-methyl/N-ethyl adjacent to an activating group) is 1. The van der Waals surface area contributed by atoms with Crippen LogP contribution in [0.5, 0.6) is 0 Å². The molecule has 0 aliphatic heterocycles. The van der Waals surface area contributed by atoms with E-state index in [0.29, 0.717) is 0 Å². The molecule has 30 heavy (non-hydrogen) atoms. The number of nitrogens with one attached hydrogen (secondary N) is 1. The lowest BCUT2D eigenvalue weighted by atomic mass is 9.49. The number of rotatable bonds is 5. The first-order chi connectivity index (χ1) is 14.3. The molecule has 6 heteroatoms. The third-order valence-electron chi connectivity index (χ3n) is 7.83. The number of nitrogens with zero attached hydrogens (tertiary/aromatic N) is 2. The second kappa shape index (κ2) is 7.33. The van der Waals surface area contributed by atoms with Gasteiger partial charge < -0.3 is 10.2 Å². The van der Waals surface area contributed by atoms with Crippen LogP contribution in [-0.4, -0.2) is 34.8 Å². The first-order valence-corrected chi connectivity index (χ1v) is 12.1. The Morgan fingerprint density at radius 2 is 1.70 bits per heavy atom. The summed E-state index contributed by atoms with van der Waals surface area (Å²) in [7, 11) is 1.81. The first-order valence-electron chi connectivity index (χ1n) is 11.3. The Bertz CT molecular complexity index is 915. The van der Waals surface area contributed by atoms with E-state index in [1.54, 1.807) is 16.2 Å². The predicted molar refractivity (Wildman–Crippen MR) is 119 cm³/mol. The van der Waals surface area contributed by atoms with Crippen LogP contribution in [0.1, 0.15) is 63.4 Å². The molecule has 6 rings (SSSR count). The fraction of sp³-hybridized carbons (Fsp3) is 0.625. The van der Waals surface area contributed by atoms with Crippen LogP contribution in [0.25, 0.3) is 10.2 Å². The molecule has 2 atom stereocenters. The van der Waals surface area contributed by atoms with Crippen molar-refractivity contribution in [1.82, 2.24) is 15.2 Å². The number of carbonyl (C=O) groups is 2. The lowest BCUT2D eigenvalue weighted by molar-refractivity contribution is -0.149. The molecule has 1 aromatic carbocycles. The lowest BCUT2D eigenvalue weighted by Gasteiger charge is -2.55. The zero-order valence-electron chi connectivity index (χ0n) is 18.1. The third kappa shape index (κ3) is 3.33. The van der Waals surface area contributed by atoms with E-state index in [0.717, 1.165) is 52.2 Å². The highest BCUT2D eigenvalue weighted by Crippen LogP contribution is 2.60. The summed E-state index contributed by atoms with van der Waals surface area (Å²) in [6, 6.07) is 7.39. The number of hydrogen-bond acceptors (Lipinski definition) is 4. The molecule has 1 N–H and O–H groups in total. The van der Waals surface area contributed by atoms with Crippen molar-refractivity contribution in [2.24, 2.45) is 23.2 Å². The molecular formula is C24H31N3O2S. The van der Waals surface area contributed by atoms with Crippen LogP contribution in [0.2, 0.25) is 0 Å². The number of hydrogen-bond donors (Lipinski definition) is 1. The van der Waals surface area contributed by atoms with Crippen LogP contribution in [0.4, 0.5) is 0 Å². The summed E-state index contributed by atoms with van der Waals surface area (Å²) in [4.78, 5) is 32.8. The Hall–Kier alpha value is -1.95. The molecule has 2 aromatic rings. The van der Waals surface area contributed by atoms with Crippen molar-refractivity contribution in [2.45, 2.75) is 64.5 Å². The molecule has 5 nitrogen and oxygen atoms in total. The number of fused-ring (bicyclic) bond motifs is 1. The van der Waals surface area contributed by atoms with E-state index in [2.05, 4.69) is 11.4 Å². The van der Waals surface area contributed by atoms with Gasteiger partial charge in [0.15, 0.2) is 0 Å². The number of thiazole rings is 1.